The second kappa shape index (κ2) is 7.16. The molecule has 0 fully saturated rings. The molecular formula is C23H19N5O+2. The Morgan fingerprint density at radius 1 is 1.10 bits per heavy atom. The Morgan fingerprint density at radius 3 is 2.97 bits per heavy atom. The number of aromatic amines is 2. The van der Waals surface area contributed by atoms with Gasteiger partial charge in [0.1, 0.15) is 0 Å². The Bertz CT molecular complexity index is 1330. The number of nitrogens with zero attached hydrogens (tertiary/aromatic N) is 2. The van der Waals surface area contributed by atoms with Crippen LogP contribution in [0.3, 0.4) is 0 Å². The van der Waals surface area contributed by atoms with Gasteiger partial charge in [0.25, 0.3) is 11.7 Å². The minimum atomic E-state index is -0.178. The third-order valence-electron chi connectivity index (χ3n) is 4.91. The van der Waals surface area contributed by atoms with Crippen LogP contribution in [0.5, 0.6) is 0 Å². The quantitative estimate of drug-likeness (QED) is 0.470. The summed E-state index contributed by atoms with van der Waals surface area (Å²) in [6, 6.07) is 19.4. The van der Waals surface area contributed by atoms with Gasteiger partial charge in [-0.1, -0.05) is 12.1 Å². The molecule has 140 valence electrons. The molecule has 0 unspecified atom stereocenters. The van der Waals surface area contributed by atoms with Crippen LogP contribution in [0.4, 0.5) is 5.69 Å². The second-order valence-corrected chi connectivity index (χ2v) is 6.86. The zero-order valence-electron chi connectivity index (χ0n) is 15.6. The average Bonchev–Trinajstić information content (AvgIpc) is 3.13. The van der Waals surface area contributed by atoms with Gasteiger partial charge in [0.2, 0.25) is 5.69 Å². The number of rotatable bonds is 4. The number of H-pyrrole nitrogens is 2. The van der Waals surface area contributed by atoms with E-state index < -0.39 is 0 Å². The van der Waals surface area contributed by atoms with Gasteiger partial charge in [0.15, 0.2) is 17.9 Å². The van der Waals surface area contributed by atoms with Crippen molar-refractivity contribution in [3.63, 3.8) is 0 Å². The van der Waals surface area contributed by atoms with Crippen molar-refractivity contribution in [1.82, 2.24) is 9.97 Å². The molecule has 0 aliphatic heterocycles. The van der Waals surface area contributed by atoms with Crippen LogP contribution in [0.25, 0.3) is 16.4 Å². The van der Waals surface area contributed by atoms with Gasteiger partial charge < -0.3 is 5.32 Å². The first kappa shape index (κ1) is 17.1. The molecule has 0 saturated carbocycles. The maximum Gasteiger partial charge on any atom is 0.299 e. The van der Waals surface area contributed by atoms with Gasteiger partial charge in [-0.3, -0.25) is 9.78 Å². The highest BCUT2D eigenvalue weighted by molar-refractivity contribution is 6.07. The zero-order chi connectivity index (χ0) is 19.6. The number of hydrogen-bond donors (Lipinski definition) is 2. The number of carbonyl (C=O) groups excluding carboxylic acids is 1. The molecule has 1 aromatic carbocycles. The molecule has 5 rings (SSSR count). The van der Waals surface area contributed by atoms with Crippen molar-refractivity contribution in [2.45, 2.75) is 6.42 Å². The summed E-state index contributed by atoms with van der Waals surface area (Å²) in [7, 11) is 0. The molecule has 0 bridgehead atoms. The average molecular weight is 381 g/mol. The fourth-order valence-corrected chi connectivity index (χ4v) is 3.53. The van der Waals surface area contributed by atoms with E-state index in [1.165, 1.54) is 0 Å². The first-order valence-corrected chi connectivity index (χ1v) is 9.40. The summed E-state index contributed by atoms with van der Waals surface area (Å²) in [4.78, 5) is 23.8. The number of benzene rings is 1. The Morgan fingerprint density at radius 2 is 2.07 bits per heavy atom. The molecule has 6 heteroatoms. The van der Waals surface area contributed by atoms with Gasteiger partial charge in [-0.25, -0.2) is 9.97 Å². The number of carbonyl (C=O) groups is 1. The van der Waals surface area contributed by atoms with E-state index in [-0.39, 0.29) is 5.91 Å². The standard InChI is InChI=1S/C23H17N5O/c29-23(26-18-8-9-19-17(14-18)6-4-11-25-19)22-20-7-1-2-12-28(20)21(27-22)13-16-5-3-10-24-15-16/h1-12,14-15H,13H2,(H,26,29)/p+2. The van der Waals surface area contributed by atoms with E-state index in [4.69, 9.17) is 0 Å². The molecular weight excluding hydrogens is 362 g/mol. The molecule has 5 aromatic rings. The molecule has 0 radical (unpaired) electrons. The normalized spacial score (nSPS) is 11.0. The fourth-order valence-electron chi connectivity index (χ4n) is 3.53. The lowest BCUT2D eigenvalue weighted by Crippen LogP contribution is -2.24. The van der Waals surface area contributed by atoms with Gasteiger partial charge in [-0.2, -0.15) is 4.40 Å². The van der Waals surface area contributed by atoms with Crippen molar-refractivity contribution in [1.29, 1.82) is 0 Å². The molecule has 0 saturated heterocycles. The lowest BCUT2D eigenvalue weighted by Gasteiger charge is -2.04. The monoisotopic (exact) mass is 381 g/mol. The van der Waals surface area contributed by atoms with E-state index in [1.807, 2.05) is 77.6 Å². The third kappa shape index (κ3) is 3.32. The Hall–Kier alpha value is -4.06. The Labute approximate surface area is 166 Å². The van der Waals surface area contributed by atoms with E-state index >= 15 is 0 Å². The molecule has 0 atom stereocenters. The minimum Gasteiger partial charge on any atom is -0.319 e. The number of hydrogen-bond acceptors (Lipinski definition) is 2. The highest BCUT2D eigenvalue weighted by Gasteiger charge is 2.24. The summed E-state index contributed by atoms with van der Waals surface area (Å²) >= 11 is 0. The number of aromatic nitrogens is 4. The van der Waals surface area contributed by atoms with Crippen molar-refractivity contribution in [3.8, 4) is 0 Å². The first-order valence-electron chi connectivity index (χ1n) is 9.40. The van der Waals surface area contributed by atoms with E-state index in [0.717, 1.165) is 33.5 Å². The van der Waals surface area contributed by atoms with Gasteiger partial charge in [-0.05, 0) is 42.5 Å². The highest BCUT2D eigenvalue weighted by Crippen LogP contribution is 2.18. The van der Waals surface area contributed by atoms with E-state index in [1.54, 1.807) is 6.20 Å². The number of fused-ring (bicyclic) bond motifs is 2. The summed E-state index contributed by atoms with van der Waals surface area (Å²) in [6.07, 6.45) is 8.24. The molecule has 29 heavy (non-hydrogen) atoms. The van der Waals surface area contributed by atoms with Crippen LogP contribution in [-0.4, -0.2) is 15.9 Å². The molecule has 6 nitrogen and oxygen atoms in total. The Balaban J connectivity index is 1.49. The molecule has 0 aliphatic rings. The third-order valence-corrected chi connectivity index (χ3v) is 4.91. The maximum absolute atomic E-state index is 13.1. The molecule has 0 aliphatic carbocycles. The van der Waals surface area contributed by atoms with Gasteiger partial charge in [0.05, 0.1) is 18.1 Å². The van der Waals surface area contributed by atoms with Crippen LogP contribution in [0.15, 0.2) is 85.5 Å². The summed E-state index contributed by atoms with van der Waals surface area (Å²) in [5.74, 6) is 0.760. The van der Waals surface area contributed by atoms with E-state index in [0.29, 0.717) is 12.1 Å². The largest absolute Gasteiger partial charge is 0.319 e. The lowest BCUT2D eigenvalue weighted by atomic mass is 10.2. The summed E-state index contributed by atoms with van der Waals surface area (Å²) in [5, 5.41) is 3.99. The summed E-state index contributed by atoms with van der Waals surface area (Å²) in [5.41, 5.74) is 4.13. The Kier molecular flexibility index (Phi) is 4.22. The lowest BCUT2D eigenvalue weighted by molar-refractivity contribution is -0.520. The molecule has 3 N–H and O–H groups in total. The SMILES string of the molecule is O=C(Nc1ccc2ncccc2c1)c1[nH]c(Cc2ccc[nH+]c2)[n+]2ccccc12. The van der Waals surface area contributed by atoms with Gasteiger partial charge >= 0.3 is 0 Å². The number of pyridine rings is 3. The predicted octanol–water partition coefficient (Wildman–Crippen LogP) is 2.96. The molecule has 0 spiro atoms. The highest BCUT2D eigenvalue weighted by atomic mass is 16.1. The fraction of sp³-hybridized carbons (Fsp3) is 0.0435. The topological polar surface area (TPSA) is 76.0 Å². The number of nitrogens with one attached hydrogen (secondary N) is 3. The van der Waals surface area contributed by atoms with Crippen LogP contribution < -0.4 is 14.7 Å². The first-order chi connectivity index (χ1) is 14.3. The van der Waals surface area contributed by atoms with Crippen molar-refractivity contribution in [2.75, 3.05) is 5.32 Å². The van der Waals surface area contributed by atoms with E-state index in [9.17, 15) is 4.79 Å². The van der Waals surface area contributed by atoms with Crippen LogP contribution in [0.1, 0.15) is 21.9 Å². The zero-order valence-corrected chi connectivity index (χ0v) is 15.6. The van der Waals surface area contributed by atoms with Gasteiger partial charge in [-0.15, -0.1) is 0 Å². The number of amides is 1. The number of imidazole rings is 1. The second-order valence-electron chi connectivity index (χ2n) is 6.86. The van der Waals surface area contributed by atoms with Crippen LogP contribution in [-0.2, 0) is 6.42 Å². The van der Waals surface area contributed by atoms with Crippen molar-refractivity contribution >= 4 is 28.0 Å². The minimum absolute atomic E-state index is 0.178. The number of anilines is 1. The smallest absolute Gasteiger partial charge is 0.299 e. The van der Waals surface area contributed by atoms with Crippen molar-refractivity contribution in [2.24, 2.45) is 0 Å². The molecule has 4 heterocycles. The maximum atomic E-state index is 13.1. The van der Waals surface area contributed by atoms with Crippen LogP contribution in [0.2, 0.25) is 0 Å². The van der Waals surface area contributed by atoms with Crippen LogP contribution >= 0.6 is 0 Å². The van der Waals surface area contributed by atoms with Crippen LogP contribution in [0, 0.1) is 0 Å². The molecule has 4 aromatic heterocycles. The van der Waals surface area contributed by atoms with Gasteiger partial charge in [0, 0.05) is 28.9 Å². The molecule has 1 amide bonds. The summed E-state index contributed by atoms with van der Waals surface area (Å²) in [6.45, 7) is 0. The predicted molar refractivity (Wildman–Crippen MR) is 109 cm³/mol. The van der Waals surface area contributed by atoms with Crippen molar-refractivity contribution in [3.05, 3.63) is 103 Å². The van der Waals surface area contributed by atoms with Crippen molar-refractivity contribution < 1.29 is 14.2 Å². The van der Waals surface area contributed by atoms with E-state index in [2.05, 4.69) is 26.3 Å². The summed E-state index contributed by atoms with van der Waals surface area (Å²) < 4.78 is 2.02.